The Hall–Kier alpha value is -4.30. The number of carbonyl (C=O) groups excluding carboxylic acids is 4. The Labute approximate surface area is 214 Å². The molecular weight excluding hydrogens is 472 g/mol. The van der Waals surface area contributed by atoms with Gasteiger partial charge in [0.2, 0.25) is 0 Å². The van der Waals surface area contributed by atoms with Crippen molar-refractivity contribution in [2.24, 2.45) is 0 Å². The molecule has 0 N–H and O–H groups in total. The van der Waals surface area contributed by atoms with Crippen molar-refractivity contribution >= 4 is 35.1 Å². The first-order valence-corrected chi connectivity index (χ1v) is 12.1. The molecule has 0 atom stereocenters. The summed E-state index contributed by atoms with van der Waals surface area (Å²) in [5.74, 6) is -1.98. The number of hydrogen-bond acceptors (Lipinski definition) is 6. The van der Waals surface area contributed by atoms with E-state index in [-0.39, 0.29) is 29.1 Å². The number of amides is 3. The highest BCUT2D eigenvalue weighted by Crippen LogP contribution is 2.36. The van der Waals surface area contributed by atoms with Gasteiger partial charge in [0, 0.05) is 20.3 Å². The summed E-state index contributed by atoms with van der Waals surface area (Å²) in [7, 11) is 1.55. The predicted octanol–water partition coefficient (Wildman–Crippen LogP) is 3.94. The molecule has 3 aromatic rings. The minimum Gasteiger partial charge on any atom is -0.452 e. The minimum atomic E-state index is -0.745. The van der Waals surface area contributed by atoms with E-state index in [0.717, 1.165) is 40.2 Å². The van der Waals surface area contributed by atoms with Crippen molar-refractivity contribution in [2.75, 3.05) is 31.8 Å². The summed E-state index contributed by atoms with van der Waals surface area (Å²) in [5, 5.41) is 0. The number of imide groups is 1. The average Bonchev–Trinajstić information content (AvgIpc) is 3.06. The van der Waals surface area contributed by atoms with E-state index >= 15 is 0 Å². The van der Waals surface area contributed by atoms with Crippen LogP contribution in [0, 0.1) is 0 Å². The van der Waals surface area contributed by atoms with Crippen LogP contribution < -0.4 is 4.90 Å². The average molecular weight is 499 g/mol. The van der Waals surface area contributed by atoms with E-state index in [1.807, 2.05) is 48.5 Å². The molecule has 0 aromatic heterocycles. The molecule has 3 aromatic carbocycles. The van der Waals surface area contributed by atoms with Crippen molar-refractivity contribution in [3.05, 3.63) is 94.5 Å². The van der Waals surface area contributed by atoms with E-state index in [0.29, 0.717) is 13.0 Å². The molecule has 0 spiro atoms. The molecule has 0 radical (unpaired) electrons. The van der Waals surface area contributed by atoms with E-state index in [4.69, 9.17) is 9.47 Å². The first-order chi connectivity index (χ1) is 18.0. The highest BCUT2D eigenvalue weighted by atomic mass is 16.5. The smallest absolute Gasteiger partial charge is 0.338 e. The van der Waals surface area contributed by atoms with Crippen molar-refractivity contribution < 1.29 is 28.7 Å². The zero-order chi connectivity index (χ0) is 25.9. The summed E-state index contributed by atoms with van der Waals surface area (Å²) < 4.78 is 10.4. The summed E-state index contributed by atoms with van der Waals surface area (Å²) in [5.41, 5.74) is 4.10. The van der Waals surface area contributed by atoms with Crippen molar-refractivity contribution in [3.63, 3.8) is 0 Å². The van der Waals surface area contributed by atoms with Gasteiger partial charge in [0.15, 0.2) is 6.61 Å². The molecule has 0 bridgehead atoms. The fourth-order valence-electron chi connectivity index (χ4n) is 4.81. The number of aryl methyl sites for hydroxylation is 2. The van der Waals surface area contributed by atoms with Crippen LogP contribution in [0.5, 0.6) is 0 Å². The van der Waals surface area contributed by atoms with Crippen molar-refractivity contribution in [1.29, 1.82) is 0 Å². The zero-order valence-corrected chi connectivity index (χ0v) is 20.4. The lowest BCUT2D eigenvalue weighted by Crippen LogP contribution is -2.31. The van der Waals surface area contributed by atoms with Crippen LogP contribution in [0.2, 0.25) is 0 Å². The Morgan fingerprint density at radius 3 is 2.11 bits per heavy atom. The molecule has 0 saturated heterocycles. The Morgan fingerprint density at radius 2 is 1.46 bits per heavy atom. The van der Waals surface area contributed by atoms with Crippen LogP contribution in [-0.4, -0.2) is 55.5 Å². The van der Waals surface area contributed by atoms with Crippen molar-refractivity contribution in [3.8, 4) is 0 Å². The second-order valence-corrected chi connectivity index (χ2v) is 8.93. The number of methoxy groups -OCH3 is 1. The lowest BCUT2D eigenvalue weighted by Gasteiger charge is -2.24. The fraction of sp³-hybridized carbons (Fsp3) is 0.241. The van der Waals surface area contributed by atoms with Gasteiger partial charge in [0.1, 0.15) is 0 Å². The predicted molar refractivity (Wildman–Crippen MR) is 136 cm³/mol. The normalized spacial score (nSPS) is 14.1. The monoisotopic (exact) mass is 498 g/mol. The lowest BCUT2D eigenvalue weighted by molar-refractivity contribution is -0.120. The fourth-order valence-corrected chi connectivity index (χ4v) is 4.81. The van der Waals surface area contributed by atoms with Gasteiger partial charge >= 0.3 is 5.97 Å². The molecular formula is C29H26N2O6. The van der Waals surface area contributed by atoms with E-state index in [9.17, 15) is 19.2 Å². The van der Waals surface area contributed by atoms with Crippen LogP contribution in [-0.2, 0) is 27.1 Å². The van der Waals surface area contributed by atoms with Gasteiger partial charge in [-0.05, 0) is 60.7 Å². The van der Waals surface area contributed by atoms with Crippen LogP contribution in [0.1, 0.15) is 48.6 Å². The number of anilines is 2. The standard InChI is InChI=1S/C29H26N2O6/c1-36-16-6-15-30-27(33)22-14-13-21(17-23(22)28(30)34)29(35)37-18-26(32)31-24-9-4-2-7-19(24)11-12-20-8-3-5-10-25(20)31/h2-5,7-10,13-14,17H,6,11-12,15-16,18H2,1H3. The largest absolute Gasteiger partial charge is 0.452 e. The van der Waals surface area contributed by atoms with Crippen LogP contribution in [0.25, 0.3) is 0 Å². The topological polar surface area (TPSA) is 93.2 Å². The molecule has 37 heavy (non-hydrogen) atoms. The molecule has 8 nitrogen and oxygen atoms in total. The van der Waals surface area contributed by atoms with Gasteiger partial charge in [-0.3, -0.25) is 24.2 Å². The SMILES string of the molecule is COCCCN1C(=O)c2ccc(C(=O)OCC(=O)N3c4ccccc4CCc4ccccc43)cc2C1=O. The highest BCUT2D eigenvalue weighted by molar-refractivity contribution is 6.22. The van der Waals surface area contributed by atoms with Gasteiger partial charge in [-0.15, -0.1) is 0 Å². The Bertz CT molecular complexity index is 1350. The Balaban J connectivity index is 1.32. The van der Waals surface area contributed by atoms with Gasteiger partial charge in [0.05, 0.1) is 28.1 Å². The third-order valence-corrected chi connectivity index (χ3v) is 6.64. The van der Waals surface area contributed by atoms with E-state index in [1.165, 1.54) is 18.2 Å². The molecule has 0 unspecified atom stereocenters. The molecule has 2 aliphatic heterocycles. The van der Waals surface area contributed by atoms with Crippen LogP contribution in [0.15, 0.2) is 66.7 Å². The van der Waals surface area contributed by atoms with E-state index in [2.05, 4.69) is 0 Å². The van der Waals surface area contributed by atoms with Crippen LogP contribution in [0.4, 0.5) is 11.4 Å². The number of ether oxygens (including phenoxy) is 2. The third kappa shape index (κ3) is 4.63. The van der Waals surface area contributed by atoms with Gasteiger partial charge in [-0.2, -0.15) is 0 Å². The maximum absolute atomic E-state index is 13.4. The minimum absolute atomic E-state index is 0.100. The highest BCUT2D eigenvalue weighted by Gasteiger charge is 2.36. The number of rotatable bonds is 7. The number of nitrogens with zero attached hydrogens (tertiary/aromatic N) is 2. The molecule has 188 valence electrons. The quantitative estimate of drug-likeness (QED) is 0.278. The lowest BCUT2D eigenvalue weighted by atomic mass is 10.0. The summed E-state index contributed by atoms with van der Waals surface area (Å²) in [6.07, 6.45) is 2.10. The number of benzene rings is 3. The number of para-hydroxylation sites is 2. The van der Waals surface area contributed by atoms with Gasteiger partial charge in [0.25, 0.3) is 17.7 Å². The summed E-state index contributed by atoms with van der Waals surface area (Å²) in [6, 6.07) is 19.6. The molecule has 2 aliphatic rings. The number of carbonyl (C=O) groups is 4. The Kier molecular flexibility index (Phi) is 6.83. The van der Waals surface area contributed by atoms with E-state index < -0.39 is 24.4 Å². The summed E-state index contributed by atoms with van der Waals surface area (Å²) in [4.78, 5) is 54.4. The molecule has 3 amide bonds. The van der Waals surface area contributed by atoms with Gasteiger partial charge < -0.3 is 9.47 Å². The summed E-state index contributed by atoms with van der Waals surface area (Å²) >= 11 is 0. The van der Waals surface area contributed by atoms with Crippen molar-refractivity contribution in [2.45, 2.75) is 19.3 Å². The molecule has 0 fully saturated rings. The molecule has 5 rings (SSSR count). The Morgan fingerprint density at radius 1 is 0.838 bits per heavy atom. The van der Waals surface area contributed by atoms with Gasteiger partial charge in [-0.1, -0.05) is 36.4 Å². The second kappa shape index (κ2) is 10.4. The van der Waals surface area contributed by atoms with Gasteiger partial charge in [-0.25, -0.2) is 4.79 Å². The van der Waals surface area contributed by atoms with E-state index in [1.54, 1.807) is 12.0 Å². The van der Waals surface area contributed by atoms with Crippen molar-refractivity contribution in [1.82, 2.24) is 4.90 Å². The summed E-state index contributed by atoms with van der Waals surface area (Å²) in [6.45, 7) is 0.173. The third-order valence-electron chi connectivity index (χ3n) is 6.64. The number of fused-ring (bicyclic) bond motifs is 3. The molecule has 0 saturated carbocycles. The second-order valence-electron chi connectivity index (χ2n) is 8.93. The molecule has 2 heterocycles. The maximum atomic E-state index is 13.4. The number of esters is 1. The van der Waals surface area contributed by atoms with Crippen LogP contribution >= 0.6 is 0 Å². The number of hydrogen-bond donors (Lipinski definition) is 0. The molecule has 8 heteroatoms. The molecule has 0 aliphatic carbocycles. The van der Waals surface area contributed by atoms with Crippen LogP contribution in [0.3, 0.4) is 0 Å². The first-order valence-electron chi connectivity index (χ1n) is 12.1. The zero-order valence-electron chi connectivity index (χ0n) is 20.4. The first kappa shape index (κ1) is 24.4. The maximum Gasteiger partial charge on any atom is 0.338 e.